The number of aromatic nitrogens is 3. The van der Waals surface area contributed by atoms with Crippen molar-refractivity contribution in [2.75, 3.05) is 0 Å². The molecule has 2 rings (SSSR count). The lowest BCUT2D eigenvalue weighted by Gasteiger charge is -1.96. The topological polar surface area (TPSA) is 163 Å². The number of aliphatic imine (C=N–C) groups is 1. The van der Waals surface area contributed by atoms with Crippen molar-refractivity contribution in [2.45, 2.75) is 0 Å². The third-order valence-electron chi connectivity index (χ3n) is 1.84. The highest BCUT2D eigenvalue weighted by Gasteiger charge is 2.02. The molecule has 0 atom stereocenters. The summed E-state index contributed by atoms with van der Waals surface area (Å²) in [6.45, 7) is 0. The van der Waals surface area contributed by atoms with Crippen LogP contribution in [-0.2, 0) is 0 Å². The Morgan fingerprint density at radius 2 is 1.89 bits per heavy atom. The van der Waals surface area contributed by atoms with E-state index in [0.717, 1.165) is 11.4 Å². The summed E-state index contributed by atoms with van der Waals surface area (Å²) in [4.78, 5) is 16.1. The molecule has 0 saturated heterocycles. The van der Waals surface area contributed by atoms with Crippen LogP contribution in [0.5, 0.6) is 0 Å². The Kier molecular flexibility index (Phi) is 4.78. The summed E-state index contributed by atoms with van der Waals surface area (Å²) in [6.07, 6.45) is 3.28. The second-order valence-electron chi connectivity index (χ2n) is 3.17. The smallest absolute Gasteiger partial charge is 0.312 e. The van der Waals surface area contributed by atoms with Gasteiger partial charge in [-0.1, -0.05) is 0 Å². The minimum Gasteiger partial charge on any atom is -0.370 e. The Balaban J connectivity index is 0.000000399. The molecule has 1 aromatic carbocycles. The molecule has 0 saturated carbocycles. The molecule has 0 aliphatic carbocycles. The number of H-pyrrole nitrogens is 1. The highest BCUT2D eigenvalue weighted by molar-refractivity contribution is 5.78. The molecule has 0 bridgehead atoms. The van der Waals surface area contributed by atoms with E-state index in [4.69, 9.17) is 26.8 Å². The van der Waals surface area contributed by atoms with E-state index in [0.29, 0.717) is 0 Å². The number of benzene rings is 1. The third-order valence-corrected chi connectivity index (χ3v) is 1.84. The lowest BCUT2D eigenvalue weighted by Crippen LogP contribution is -2.31. The summed E-state index contributed by atoms with van der Waals surface area (Å²) >= 11 is 0. The predicted molar refractivity (Wildman–Crippen MR) is 66.0 cm³/mol. The monoisotopic (exact) mass is 265 g/mol. The SMILES string of the molecule is NC(N)=Nc1ccc(-[n+]2cnc[nH]2)cc1.O=[N+]([O-])[O-]. The Morgan fingerprint density at radius 3 is 2.32 bits per heavy atom. The van der Waals surface area contributed by atoms with Crippen LogP contribution in [0.1, 0.15) is 0 Å². The first-order valence-electron chi connectivity index (χ1n) is 4.90. The molecular formula is C9H11N7O3. The number of nitrogens with two attached hydrogens (primary N) is 2. The van der Waals surface area contributed by atoms with E-state index in [1.165, 1.54) is 0 Å². The lowest BCUT2D eigenvalue weighted by atomic mass is 10.3. The van der Waals surface area contributed by atoms with Gasteiger partial charge in [-0.05, 0) is 29.2 Å². The molecule has 10 heteroatoms. The normalized spacial score (nSPS) is 9.05. The summed E-state index contributed by atoms with van der Waals surface area (Å²) in [7, 11) is 0. The van der Waals surface area contributed by atoms with Gasteiger partial charge in [0.15, 0.2) is 11.6 Å². The first-order valence-corrected chi connectivity index (χ1v) is 4.90. The van der Waals surface area contributed by atoms with E-state index in [1.807, 2.05) is 24.3 Å². The predicted octanol–water partition coefficient (Wildman–Crippen LogP) is -0.648. The van der Waals surface area contributed by atoms with Crippen LogP contribution in [0.4, 0.5) is 5.69 Å². The number of aromatic amines is 1. The highest BCUT2D eigenvalue weighted by Crippen LogP contribution is 2.11. The summed E-state index contributed by atoms with van der Waals surface area (Å²) < 4.78 is 1.78. The fourth-order valence-electron chi connectivity index (χ4n) is 1.21. The van der Waals surface area contributed by atoms with Crippen LogP contribution < -0.4 is 16.1 Å². The first kappa shape index (κ1) is 13.9. The third kappa shape index (κ3) is 5.12. The van der Waals surface area contributed by atoms with E-state index >= 15 is 0 Å². The molecule has 1 heterocycles. The van der Waals surface area contributed by atoms with E-state index in [-0.39, 0.29) is 5.96 Å². The van der Waals surface area contributed by atoms with Crippen molar-refractivity contribution in [2.24, 2.45) is 16.5 Å². The van der Waals surface area contributed by atoms with Gasteiger partial charge in [0.25, 0.3) is 0 Å². The van der Waals surface area contributed by atoms with Crippen molar-refractivity contribution < 1.29 is 9.77 Å². The number of hydrogen-bond acceptors (Lipinski definition) is 5. The van der Waals surface area contributed by atoms with Gasteiger partial charge < -0.3 is 26.8 Å². The quantitative estimate of drug-likeness (QED) is 0.215. The van der Waals surface area contributed by atoms with Crippen molar-refractivity contribution in [1.29, 1.82) is 0 Å². The maximum absolute atomic E-state index is 8.25. The van der Waals surface area contributed by atoms with E-state index in [2.05, 4.69) is 15.1 Å². The van der Waals surface area contributed by atoms with Crippen LogP contribution in [0.3, 0.4) is 0 Å². The molecule has 0 amide bonds. The first-order chi connectivity index (χ1) is 8.99. The van der Waals surface area contributed by atoms with Crippen molar-refractivity contribution in [3.63, 3.8) is 0 Å². The fourth-order valence-corrected chi connectivity index (χ4v) is 1.21. The molecule has 0 aliphatic heterocycles. The van der Waals surface area contributed by atoms with E-state index < -0.39 is 5.09 Å². The number of nitrogens with zero attached hydrogens (tertiary/aromatic N) is 4. The van der Waals surface area contributed by atoms with Crippen molar-refractivity contribution >= 4 is 11.6 Å². The van der Waals surface area contributed by atoms with Gasteiger partial charge in [0.05, 0.1) is 10.8 Å². The summed E-state index contributed by atoms with van der Waals surface area (Å²) in [6, 6.07) is 7.42. The maximum atomic E-state index is 8.25. The van der Waals surface area contributed by atoms with Gasteiger partial charge in [-0.2, -0.15) is 5.10 Å². The molecule has 5 N–H and O–H groups in total. The van der Waals surface area contributed by atoms with Gasteiger partial charge in [-0.3, -0.25) is 0 Å². The standard InChI is InChI=1S/C9H10N6.NO3/c10-9(11)14-7-1-3-8(4-2-7)15-6-12-5-13-15;2-1(3)4/h1-6H,(H4,10,11,14);/q;-1/p+1. The molecule has 0 radical (unpaired) electrons. The Labute approximate surface area is 107 Å². The van der Waals surface area contributed by atoms with Gasteiger partial charge >= 0.3 is 6.33 Å². The van der Waals surface area contributed by atoms with Gasteiger partial charge in [-0.25, -0.2) is 4.99 Å². The Morgan fingerprint density at radius 1 is 1.32 bits per heavy atom. The second kappa shape index (κ2) is 6.54. The summed E-state index contributed by atoms with van der Waals surface area (Å²) in [5.74, 6) is 0.0527. The zero-order chi connectivity index (χ0) is 14.3. The zero-order valence-corrected chi connectivity index (χ0v) is 9.63. The molecular weight excluding hydrogens is 254 g/mol. The molecule has 2 aromatic rings. The molecule has 10 nitrogen and oxygen atoms in total. The average molecular weight is 265 g/mol. The highest BCUT2D eigenvalue weighted by atomic mass is 16.9. The fraction of sp³-hybridized carbons (Fsp3) is 0. The van der Waals surface area contributed by atoms with Gasteiger partial charge in [0, 0.05) is 0 Å². The van der Waals surface area contributed by atoms with Gasteiger partial charge in [0.2, 0.25) is 6.33 Å². The summed E-state index contributed by atoms with van der Waals surface area (Å²) in [5, 5.41) is 17.7. The molecule has 100 valence electrons. The average Bonchev–Trinajstić information content (AvgIpc) is 2.82. The van der Waals surface area contributed by atoms with Crippen LogP contribution in [0.2, 0.25) is 0 Å². The summed E-state index contributed by atoms with van der Waals surface area (Å²) in [5.41, 5.74) is 12.2. The van der Waals surface area contributed by atoms with Crippen molar-refractivity contribution in [3.8, 4) is 5.69 Å². The molecule has 0 spiro atoms. The van der Waals surface area contributed by atoms with Crippen LogP contribution >= 0.6 is 0 Å². The van der Waals surface area contributed by atoms with E-state index in [9.17, 15) is 0 Å². The number of nitrogens with one attached hydrogen (secondary N) is 1. The number of rotatable bonds is 2. The van der Waals surface area contributed by atoms with Crippen molar-refractivity contribution in [3.05, 3.63) is 52.2 Å². The lowest BCUT2D eigenvalue weighted by molar-refractivity contribution is -0.656. The molecule has 19 heavy (non-hydrogen) atoms. The van der Waals surface area contributed by atoms with Gasteiger partial charge in [0.1, 0.15) is 0 Å². The zero-order valence-electron chi connectivity index (χ0n) is 9.63. The Hall–Kier alpha value is -3.17. The minimum atomic E-state index is -1.75. The van der Waals surface area contributed by atoms with E-state index in [1.54, 1.807) is 17.3 Å². The van der Waals surface area contributed by atoms with Crippen molar-refractivity contribution in [1.82, 2.24) is 10.1 Å². The molecule has 1 aromatic heterocycles. The Bertz CT molecular complexity index is 542. The maximum Gasteiger partial charge on any atom is 0.312 e. The molecule has 0 fully saturated rings. The molecule has 0 aliphatic rings. The number of hydrogen-bond donors (Lipinski definition) is 3. The van der Waals surface area contributed by atoms with Crippen LogP contribution in [-0.4, -0.2) is 21.1 Å². The second-order valence-corrected chi connectivity index (χ2v) is 3.17. The van der Waals surface area contributed by atoms with Gasteiger partial charge in [-0.15, -0.1) is 4.68 Å². The van der Waals surface area contributed by atoms with Crippen LogP contribution in [0.15, 0.2) is 41.9 Å². The molecule has 0 unspecified atom stereocenters. The number of guanidine groups is 1. The van der Waals surface area contributed by atoms with Crippen LogP contribution in [0, 0.1) is 15.3 Å². The van der Waals surface area contributed by atoms with Crippen LogP contribution in [0.25, 0.3) is 5.69 Å². The minimum absolute atomic E-state index is 0.0527. The largest absolute Gasteiger partial charge is 0.370 e.